The maximum absolute atomic E-state index is 9.04. The van der Waals surface area contributed by atoms with Crippen molar-refractivity contribution in [2.75, 3.05) is 5.88 Å². The van der Waals surface area contributed by atoms with Gasteiger partial charge in [-0.25, -0.2) is 0 Å². The summed E-state index contributed by atoms with van der Waals surface area (Å²) in [7, 11) is 0. The average Bonchev–Trinajstić information content (AvgIpc) is 2.05. The van der Waals surface area contributed by atoms with Crippen LogP contribution >= 0.6 is 23.2 Å². The molecule has 0 saturated carbocycles. The van der Waals surface area contributed by atoms with Gasteiger partial charge in [0.1, 0.15) is 5.56 Å². The summed E-state index contributed by atoms with van der Waals surface area (Å²) in [5.41, 5.74) is 0.129. The van der Waals surface area contributed by atoms with Crippen LogP contribution in [0.25, 0.3) is 0 Å². The maximum atomic E-state index is 9.04. The van der Waals surface area contributed by atoms with E-state index in [4.69, 9.17) is 28.3 Å². The van der Waals surface area contributed by atoms with E-state index in [0.29, 0.717) is 11.8 Å². The lowest BCUT2D eigenvalue weighted by Gasteiger charge is -2.21. The zero-order valence-electron chi connectivity index (χ0n) is 6.26. The van der Waals surface area contributed by atoms with Gasteiger partial charge in [-0.2, -0.15) is 0 Å². The molecule has 2 atom stereocenters. The Morgan fingerprint density at radius 2 is 2.45 bits per heavy atom. The summed E-state index contributed by atoms with van der Waals surface area (Å²) in [5, 5.41) is 9.04. The highest BCUT2D eigenvalue weighted by Crippen LogP contribution is 2.27. The predicted molar refractivity (Wildman–Crippen MR) is 48.0 cm³/mol. The fraction of sp³-hybridized carbons (Fsp3) is 0.750. The van der Waals surface area contributed by atoms with Gasteiger partial charge in [0, 0.05) is 5.88 Å². The lowest BCUT2D eigenvalue weighted by Crippen LogP contribution is -2.13. The van der Waals surface area contributed by atoms with Crippen molar-refractivity contribution in [1.82, 2.24) is 0 Å². The van der Waals surface area contributed by atoms with Crippen molar-refractivity contribution in [2.24, 2.45) is 5.92 Å². The molecule has 64 valence electrons. The van der Waals surface area contributed by atoms with Gasteiger partial charge in [0.05, 0.1) is 0 Å². The van der Waals surface area contributed by atoms with E-state index in [1.54, 1.807) is 0 Å². The first-order valence-corrected chi connectivity index (χ1v) is 4.78. The lowest BCUT2D eigenvalue weighted by atomic mass is 9.90. The summed E-state index contributed by atoms with van der Waals surface area (Å²) >= 11 is 11.2. The Kier molecular flexibility index (Phi) is 3.70. The molecule has 0 aliphatic heterocycles. The molecule has 0 spiro atoms. The third kappa shape index (κ3) is 2.66. The van der Waals surface area contributed by atoms with E-state index in [0.717, 1.165) is 24.8 Å². The van der Waals surface area contributed by atoms with Crippen LogP contribution in [0, 0.1) is 5.92 Å². The molecule has 0 bridgehead atoms. The Bertz CT molecular complexity index is 154. The van der Waals surface area contributed by atoms with E-state index in [2.05, 4.69) is 0 Å². The molecule has 3 heteroatoms. The fourth-order valence-electron chi connectivity index (χ4n) is 1.35. The molecule has 1 rings (SSSR count). The summed E-state index contributed by atoms with van der Waals surface area (Å²) in [6.45, 7) is 0. The van der Waals surface area contributed by atoms with Gasteiger partial charge in [0.25, 0.3) is 0 Å². The first kappa shape index (κ1) is 9.37. The van der Waals surface area contributed by atoms with Crippen molar-refractivity contribution >= 4 is 23.2 Å². The Morgan fingerprint density at radius 1 is 1.73 bits per heavy atom. The maximum Gasteiger partial charge on any atom is 0.149 e. The van der Waals surface area contributed by atoms with Crippen molar-refractivity contribution in [2.45, 2.75) is 24.8 Å². The van der Waals surface area contributed by atoms with Crippen LogP contribution in [0.5, 0.6) is 0 Å². The molecule has 0 saturated heterocycles. The highest BCUT2D eigenvalue weighted by Gasteiger charge is 2.17. The zero-order valence-corrected chi connectivity index (χ0v) is 7.78. The molecule has 0 aromatic rings. The molecule has 0 amide bonds. The second-order valence-electron chi connectivity index (χ2n) is 2.92. The lowest BCUT2D eigenvalue weighted by molar-refractivity contribution is 0.276. The van der Waals surface area contributed by atoms with E-state index in [1.165, 1.54) is 0 Å². The molecule has 11 heavy (non-hydrogen) atoms. The minimum atomic E-state index is -0.805. The van der Waals surface area contributed by atoms with Crippen LogP contribution in [-0.4, -0.2) is 16.5 Å². The number of alkyl halides is 2. The summed E-state index contributed by atoms with van der Waals surface area (Å²) < 4.78 is 0. The second kappa shape index (κ2) is 4.34. The number of hydrogen-bond donors (Lipinski definition) is 1. The zero-order chi connectivity index (χ0) is 8.27. The third-order valence-corrected chi connectivity index (χ3v) is 2.75. The summed E-state index contributed by atoms with van der Waals surface area (Å²) in [6.07, 6.45) is 4.99. The van der Waals surface area contributed by atoms with Crippen molar-refractivity contribution in [3.8, 4) is 0 Å². The van der Waals surface area contributed by atoms with E-state index in [1.807, 2.05) is 6.08 Å². The Morgan fingerprint density at radius 3 is 3.00 bits per heavy atom. The molecule has 0 aromatic heterocycles. The molecule has 1 aliphatic rings. The van der Waals surface area contributed by atoms with Gasteiger partial charge in [-0.3, -0.25) is 0 Å². The van der Waals surface area contributed by atoms with Gasteiger partial charge in [-0.05, 0) is 30.8 Å². The number of rotatable bonds is 2. The topological polar surface area (TPSA) is 20.2 Å². The third-order valence-electron chi connectivity index (χ3n) is 2.03. The van der Waals surface area contributed by atoms with Crippen molar-refractivity contribution in [3.63, 3.8) is 0 Å². The Labute approximate surface area is 77.0 Å². The molecular weight excluding hydrogens is 183 g/mol. The minimum Gasteiger partial charge on any atom is -0.374 e. The summed E-state index contributed by atoms with van der Waals surface area (Å²) in [5.74, 6) is 1.17. The van der Waals surface area contributed by atoms with E-state index in [-0.39, 0.29) is 0 Å². The number of aliphatic hydroxyl groups excluding tert-OH is 1. The van der Waals surface area contributed by atoms with Crippen LogP contribution in [0.3, 0.4) is 0 Å². The van der Waals surface area contributed by atoms with Gasteiger partial charge in [0.2, 0.25) is 0 Å². The number of aliphatic hydroxyl groups is 1. The highest BCUT2D eigenvalue weighted by molar-refractivity contribution is 6.21. The van der Waals surface area contributed by atoms with Crippen molar-refractivity contribution < 1.29 is 5.11 Å². The van der Waals surface area contributed by atoms with Crippen molar-refractivity contribution in [3.05, 3.63) is 11.6 Å². The Hall–Kier alpha value is 0.280. The van der Waals surface area contributed by atoms with Crippen LogP contribution in [0.1, 0.15) is 19.3 Å². The molecule has 1 nitrogen and oxygen atoms in total. The van der Waals surface area contributed by atoms with Gasteiger partial charge in [-0.15, -0.1) is 11.6 Å². The van der Waals surface area contributed by atoms with Crippen LogP contribution < -0.4 is 0 Å². The van der Waals surface area contributed by atoms with Crippen molar-refractivity contribution in [1.29, 1.82) is 0 Å². The van der Waals surface area contributed by atoms with E-state index in [9.17, 15) is 0 Å². The van der Waals surface area contributed by atoms with Crippen LogP contribution in [0.4, 0.5) is 0 Å². The quantitative estimate of drug-likeness (QED) is 0.530. The standard InChI is InChI=1S/C8H12Cl2O/c9-5-6-2-1-3-7(4-6)8(10)11/h3,6,8,11H,1-2,4-5H2. The minimum absolute atomic E-state index is 0.505. The summed E-state index contributed by atoms with van der Waals surface area (Å²) in [4.78, 5) is 0. The molecule has 2 unspecified atom stereocenters. The molecule has 0 heterocycles. The molecular formula is C8H12Cl2O. The van der Waals surface area contributed by atoms with Crippen LogP contribution in [0.2, 0.25) is 0 Å². The monoisotopic (exact) mass is 194 g/mol. The van der Waals surface area contributed by atoms with E-state index < -0.39 is 5.56 Å². The first-order chi connectivity index (χ1) is 5.24. The molecule has 0 radical (unpaired) electrons. The largest absolute Gasteiger partial charge is 0.374 e. The van der Waals surface area contributed by atoms with Gasteiger partial charge in [0.15, 0.2) is 0 Å². The predicted octanol–water partition coefficient (Wildman–Crippen LogP) is 2.51. The van der Waals surface area contributed by atoms with Gasteiger partial charge in [-0.1, -0.05) is 17.7 Å². The molecule has 0 aromatic carbocycles. The first-order valence-electron chi connectivity index (χ1n) is 3.81. The van der Waals surface area contributed by atoms with Gasteiger partial charge >= 0.3 is 0 Å². The average molecular weight is 195 g/mol. The normalized spacial score (nSPS) is 27.9. The fourth-order valence-corrected chi connectivity index (χ4v) is 1.79. The molecule has 0 fully saturated rings. The van der Waals surface area contributed by atoms with E-state index >= 15 is 0 Å². The second-order valence-corrected chi connectivity index (χ2v) is 3.64. The van der Waals surface area contributed by atoms with Crippen LogP contribution in [0.15, 0.2) is 11.6 Å². The molecule has 1 aliphatic carbocycles. The Balaban J connectivity index is 2.48. The summed E-state index contributed by atoms with van der Waals surface area (Å²) in [6, 6.07) is 0. The number of allylic oxidation sites excluding steroid dienone is 1. The van der Waals surface area contributed by atoms with Crippen LogP contribution in [-0.2, 0) is 0 Å². The molecule has 1 N–H and O–H groups in total. The number of halogens is 2. The highest BCUT2D eigenvalue weighted by atomic mass is 35.5. The van der Waals surface area contributed by atoms with Gasteiger partial charge < -0.3 is 5.11 Å². The smallest absolute Gasteiger partial charge is 0.149 e. The number of hydrogen-bond acceptors (Lipinski definition) is 1. The SMILES string of the molecule is OC(Cl)C1=CCCC(CCl)C1.